The second-order valence-electron chi connectivity index (χ2n) is 3.91. The van der Waals surface area contributed by atoms with E-state index in [0.717, 1.165) is 5.92 Å². The summed E-state index contributed by atoms with van der Waals surface area (Å²) in [5.41, 5.74) is 11.9. The maximum Gasteiger partial charge on any atom is 0.00845 e. The molecule has 2 atom stereocenters. The highest BCUT2D eigenvalue weighted by molar-refractivity contribution is 4.95. The van der Waals surface area contributed by atoms with Crippen molar-refractivity contribution in [3.05, 3.63) is 0 Å². The van der Waals surface area contributed by atoms with Crippen LogP contribution in [0.15, 0.2) is 0 Å². The molecule has 2 heteroatoms. The topological polar surface area (TPSA) is 52.0 Å². The van der Waals surface area contributed by atoms with Gasteiger partial charge in [0, 0.05) is 12.1 Å². The summed E-state index contributed by atoms with van der Waals surface area (Å²) in [6, 6.07) is 0.838. The lowest BCUT2D eigenvalue weighted by molar-refractivity contribution is 0.121. The zero-order chi connectivity index (χ0) is 7.14. The summed E-state index contributed by atoms with van der Waals surface area (Å²) in [6.07, 6.45) is 5.13. The van der Waals surface area contributed by atoms with Gasteiger partial charge in [0.2, 0.25) is 0 Å². The van der Waals surface area contributed by atoms with E-state index >= 15 is 0 Å². The van der Waals surface area contributed by atoms with E-state index in [-0.39, 0.29) is 0 Å². The van der Waals surface area contributed by atoms with Gasteiger partial charge in [0.25, 0.3) is 0 Å². The van der Waals surface area contributed by atoms with Gasteiger partial charge in [-0.05, 0) is 37.5 Å². The van der Waals surface area contributed by atoms with Gasteiger partial charge in [-0.25, -0.2) is 0 Å². The molecule has 4 N–H and O–H groups in total. The summed E-state index contributed by atoms with van der Waals surface area (Å²) >= 11 is 0. The summed E-state index contributed by atoms with van der Waals surface area (Å²) < 4.78 is 0. The third-order valence-electron chi connectivity index (χ3n) is 3.22. The normalized spacial score (nSPS) is 53.4. The van der Waals surface area contributed by atoms with E-state index in [2.05, 4.69) is 0 Å². The number of nitrogens with two attached hydrogens (primary N) is 2. The first-order valence-electron chi connectivity index (χ1n) is 4.28. The van der Waals surface area contributed by atoms with E-state index in [1.165, 1.54) is 25.7 Å². The fraction of sp³-hybridized carbons (Fsp3) is 1.00. The Hall–Kier alpha value is -0.0800. The van der Waals surface area contributed by atoms with Crippen molar-refractivity contribution in [1.82, 2.24) is 0 Å². The van der Waals surface area contributed by atoms with Crippen molar-refractivity contribution in [2.24, 2.45) is 23.3 Å². The first-order valence-corrected chi connectivity index (χ1v) is 4.28. The van der Waals surface area contributed by atoms with Gasteiger partial charge in [-0.3, -0.25) is 0 Å². The quantitative estimate of drug-likeness (QED) is 0.513. The Morgan fingerprint density at radius 3 is 1.80 bits per heavy atom. The molecule has 2 nitrogen and oxygen atoms in total. The van der Waals surface area contributed by atoms with Gasteiger partial charge in [-0.2, -0.15) is 0 Å². The molecule has 0 amide bonds. The predicted molar refractivity (Wildman–Crippen MR) is 41.4 cm³/mol. The molecule has 3 aliphatic carbocycles. The fourth-order valence-electron chi connectivity index (χ4n) is 2.63. The Bertz CT molecular complexity index is 123. The summed E-state index contributed by atoms with van der Waals surface area (Å²) in [5, 5.41) is 0. The van der Waals surface area contributed by atoms with Crippen molar-refractivity contribution >= 4 is 0 Å². The van der Waals surface area contributed by atoms with Gasteiger partial charge in [0.1, 0.15) is 0 Å². The standard InChI is InChI=1S/C8H16N2/c9-7-3-5-1-2-6(7)8(10)4-5/h5-8H,1-4,9-10H2. The molecule has 58 valence electrons. The fourth-order valence-corrected chi connectivity index (χ4v) is 2.63. The van der Waals surface area contributed by atoms with Crippen LogP contribution in [-0.2, 0) is 0 Å². The Labute approximate surface area is 62.0 Å². The van der Waals surface area contributed by atoms with Crippen LogP contribution in [0, 0.1) is 11.8 Å². The van der Waals surface area contributed by atoms with Crippen LogP contribution in [0.25, 0.3) is 0 Å². The van der Waals surface area contributed by atoms with E-state index < -0.39 is 0 Å². The van der Waals surface area contributed by atoms with E-state index in [0.29, 0.717) is 18.0 Å². The minimum Gasteiger partial charge on any atom is -0.327 e. The highest BCUT2D eigenvalue weighted by Gasteiger charge is 2.38. The van der Waals surface area contributed by atoms with Crippen LogP contribution in [-0.4, -0.2) is 12.1 Å². The monoisotopic (exact) mass is 140 g/mol. The maximum atomic E-state index is 5.93. The van der Waals surface area contributed by atoms with E-state index in [1.54, 1.807) is 0 Å². The summed E-state index contributed by atoms with van der Waals surface area (Å²) in [6.45, 7) is 0. The minimum absolute atomic E-state index is 0.419. The SMILES string of the molecule is NC1CC2CCC1C(N)C2. The van der Waals surface area contributed by atoms with Crippen molar-refractivity contribution < 1.29 is 0 Å². The molecule has 2 unspecified atom stereocenters. The molecule has 2 bridgehead atoms. The van der Waals surface area contributed by atoms with Crippen molar-refractivity contribution in [2.75, 3.05) is 0 Å². The van der Waals surface area contributed by atoms with Crippen LogP contribution in [0.4, 0.5) is 0 Å². The molecule has 3 rings (SSSR count). The lowest BCUT2D eigenvalue weighted by Crippen LogP contribution is -2.52. The molecule has 3 fully saturated rings. The molecule has 0 aromatic heterocycles. The minimum atomic E-state index is 0.419. The largest absolute Gasteiger partial charge is 0.327 e. The lowest BCUT2D eigenvalue weighted by Gasteiger charge is -2.44. The van der Waals surface area contributed by atoms with Crippen molar-refractivity contribution in [2.45, 2.75) is 37.8 Å². The Kier molecular flexibility index (Phi) is 1.46. The third kappa shape index (κ3) is 0.867. The molecule has 0 saturated heterocycles. The predicted octanol–water partition coefficient (Wildman–Crippen LogP) is 0.461. The third-order valence-corrected chi connectivity index (χ3v) is 3.22. The smallest absolute Gasteiger partial charge is 0.00845 e. The molecule has 0 radical (unpaired) electrons. The molecule has 10 heavy (non-hydrogen) atoms. The summed E-state index contributed by atoms with van der Waals surface area (Å²) in [5.74, 6) is 1.50. The Morgan fingerprint density at radius 1 is 0.900 bits per heavy atom. The molecule has 0 aromatic carbocycles. The van der Waals surface area contributed by atoms with E-state index in [9.17, 15) is 0 Å². The van der Waals surface area contributed by atoms with Gasteiger partial charge in [-0.1, -0.05) is 0 Å². The van der Waals surface area contributed by atoms with Crippen LogP contribution >= 0.6 is 0 Å². The first-order chi connectivity index (χ1) is 4.77. The molecule has 3 saturated carbocycles. The van der Waals surface area contributed by atoms with Crippen LogP contribution < -0.4 is 11.5 Å². The molecule has 0 aliphatic heterocycles. The zero-order valence-corrected chi connectivity index (χ0v) is 6.29. The van der Waals surface area contributed by atoms with E-state index in [1.807, 2.05) is 0 Å². The maximum absolute atomic E-state index is 5.93. The van der Waals surface area contributed by atoms with Gasteiger partial charge in [0.05, 0.1) is 0 Å². The number of fused-ring (bicyclic) bond motifs is 3. The van der Waals surface area contributed by atoms with Gasteiger partial charge >= 0.3 is 0 Å². The molecule has 0 heterocycles. The van der Waals surface area contributed by atoms with Gasteiger partial charge in [0.15, 0.2) is 0 Å². The van der Waals surface area contributed by atoms with Gasteiger partial charge < -0.3 is 11.5 Å². The molecular weight excluding hydrogens is 124 g/mol. The highest BCUT2D eigenvalue weighted by Crippen LogP contribution is 2.39. The molecule has 3 aliphatic rings. The average molecular weight is 140 g/mol. The first kappa shape index (κ1) is 6.62. The van der Waals surface area contributed by atoms with Crippen LogP contribution in [0.1, 0.15) is 25.7 Å². The average Bonchev–Trinajstić information content (AvgIpc) is 1.86. The zero-order valence-electron chi connectivity index (χ0n) is 6.29. The molecule has 0 aromatic rings. The van der Waals surface area contributed by atoms with Crippen LogP contribution in [0.5, 0.6) is 0 Å². The van der Waals surface area contributed by atoms with E-state index in [4.69, 9.17) is 11.5 Å². The lowest BCUT2D eigenvalue weighted by atomic mass is 9.66. The summed E-state index contributed by atoms with van der Waals surface area (Å²) in [7, 11) is 0. The number of hydrogen-bond donors (Lipinski definition) is 2. The second-order valence-corrected chi connectivity index (χ2v) is 3.91. The molecule has 0 spiro atoms. The van der Waals surface area contributed by atoms with Crippen LogP contribution in [0.2, 0.25) is 0 Å². The van der Waals surface area contributed by atoms with Crippen LogP contribution in [0.3, 0.4) is 0 Å². The molecular formula is C8H16N2. The van der Waals surface area contributed by atoms with Crippen molar-refractivity contribution in [1.29, 1.82) is 0 Å². The number of hydrogen-bond acceptors (Lipinski definition) is 2. The number of rotatable bonds is 0. The van der Waals surface area contributed by atoms with Crippen molar-refractivity contribution in [3.8, 4) is 0 Å². The Balaban J connectivity index is 2.11. The Morgan fingerprint density at radius 2 is 1.50 bits per heavy atom. The van der Waals surface area contributed by atoms with Gasteiger partial charge in [-0.15, -0.1) is 0 Å². The highest BCUT2D eigenvalue weighted by atomic mass is 14.8. The second kappa shape index (κ2) is 2.21. The van der Waals surface area contributed by atoms with Crippen molar-refractivity contribution in [3.63, 3.8) is 0 Å². The summed E-state index contributed by atoms with van der Waals surface area (Å²) in [4.78, 5) is 0.